The summed E-state index contributed by atoms with van der Waals surface area (Å²) in [6.07, 6.45) is 4.47. The maximum Gasteiger partial charge on any atom is 0.252 e. The lowest BCUT2D eigenvalue weighted by molar-refractivity contribution is 0.403. The average molecular weight is 250 g/mol. The first-order chi connectivity index (χ1) is 8.56. The minimum absolute atomic E-state index is 0.111. The van der Waals surface area contributed by atoms with Crippen LogP contribution in [0, 0.1) is 0 Å². The fourth-order valence-electron chi connectivity index (χ4n) is 2.35. The molecule has 0 bridgehead atoms. The van der Waals surface area contributed by atoms with Gasteiger partial charge in [-0.1, -0.05) is 26.7 Å². The summed E-state index contributed by atoms with van der Waals surface area (Å²) in [6, 6.07) is 1.89. The second-order valence-corrected chi connectivity index (χ2v) is 5.37. The minimum atomic E-state index is -0.111. The van der Waals surface area contributed by atoms with Gasteiger partial charge in [-0.15, -0.1) is 0 Å². The van der Waals surface area contributed by atoms with Crippen LogP contribution in [0.15, 0.2) is 10.9 Å². The Balaban J connectivity index is 2.15. The molecular formula is C13H22N4O. The summed E-state index contributed by atoms with van der Waals surface area (Å²) in [7, 11) is 0. The summed E-state index contributed by atoms with van der Waals surface area (Å²) in [5, 5.41) is 3.31. The van der Waals surface area contributed by atoms with Crippen LogP contribution >= 0.6 is 0 Å². The third-order valence-electron chi connectivity index (χ3n) is 3.46. The fraction of sp³-hybridized carbons (Fsp3) is 0.692. The standard InChI is InChI=1S/C13H22N4O/c1-8(2)13-16-11(7-12(18)17-13)15-10-6-4-3-5-9(10)14/h7-10H,3-6,14H2,1-2H3,(H2,15,16,17,18). The summed E-state index contributed by atoms with van der Waals surface area (Å²) >= 11 is 0. The van der Waals surface area contributed by atoms with Crippen molar-refractivity contribution in [2.45, 2.75) is 57.5 Å². The summed E-state index contributed by atoms with van der Waals surface area (Å²) in [4.78, 5) is 18.8. The third-order valence-corrected chi connectivity index (χ3v) is 3.46. The molecule has 5 nitrogen and oxygen atoms in total. The van der Waals surface area contributed by atoms with Crippen LogP contribution in [0.4, 0.5) is 5.82 Å². The number of aromatic amines is 1. The molecule has 0 radical (unpaired) electrons. The lowest BCUT2D eigenvalue weighted by atomic mass is 9.91. The summed E-state index contributed by atoms with van der Waals surface area (Å²) in [5.74, 6) is 1.57. The van der Waals surface area contributed by atoms with E-state index in [1.165, 1.54) is 18.9 Å². The second kappa shape index (κ2) is 5.52. The van der Waals surface area contributed by atoms with Crippen LogP contribution in [0.3, 0.4) is 0 Å². The van der Waals surface area contributed by atoms with Crippen molar-refractivity contribution in [1.82, 2.24) is 9.97 Å². The minimum Gasteiger partial charge on any atom is -0.366 e. The van der Waals surface area contributed by atoms with Gasteiger partial charge in [0.15, 0.2) is 0 Å². The zero-order valence-corrected chi connectivity index (χ0v) is 11.1. The Hall–Kier alpha value is -1.36. The van der Waals surface area contributed by atoms with Crippen LogP contribution in [0.5, 0.6) is 0 Å². The topological polar surface area (TPSA) is 83.8 Å². The molecule has 1 heterocycles. The van der Waals surface area contributed by atoms with E-state index >= 15 is 0 Å². The maximum absolute atomic E-state index is 11.6. The van der Waals surface area contributed by atoms with E-state index in [-0.39, 0.29) is 23.6 Å². The van der Waals surface area contributed by atoms with Gasteiger partial charge in [-0.25, -0.2) is 4.98 Å². The number of aromatic nitrogens is 2. The molecule has 0 aromatic carbocycles. The van der Waals surface area contributed by atoms with E-state index < -0.39 is 0 Å². The summed E-state index contributed by atoms with van der Waals surface area (Å²) in [6.45, 7) is 4.02. The van der Waals surface area contributed by atoms with Crippen molar-refractivity contribution < 1.29 is 0 Å². The number of nitrogens with two attached hydrogens (primary N) is 1. The molecule has 1 saturated carbocycles. The number of nitrogens with one attached hydrogen (secondary N) is 2. The smallest absolute Gasteiger partial charge is 0.252 e. The van der Waals surface area contributed by atoms with E-state index in [4.69, 9.17) is 5.73 Å². The van der Waals surface area contributed by atoms with Crippen LogP contribution < -0.4 is 16.6 Å². The fourth-order valence-corrected chi connectivity index (χ4v) is 2.35. The largest absolute Gasteiger partial charge is 0.366 e. The number of H-pyrrole nitrogens is 1. The Kier molecular flexibility index (Phi) is 4.01. The van der Waals surface area contributed by atoms with Gasteiger partial charge in [0.25, 0.3) is 5.56 Å². The summed E-state index contributed by atoms with van der Waals surface area (Å²) in [5.41, 5.74) is 5.98. The molecule has 18 heavy (non-hydrogen) atoms. The molecule has 0 saturated heterocycles. The maximum atomic E-state index is 11.6. The Morgan fingerprint density at radius 3 is 2.83 bits per heavy atom. The molecule has 0 aliphatic heterocycles. The van der Waals surface area contributed by atoms with Crippen molar-refractivity contribution in [3.63, 3.8) is 0 Å². The third kappa shape index (κ3) is 3.10. The highest BCUT2D eigenvalue weighted by molar-refractivity contribution is 5.35. The van der Waals surface area contributed by atoms with E-state index in [9.17, 15) is 4.79 Å². The Bertz CT molecular complexity index is 455. The van der Waals surface area contributed by atoms with Gasteiger partial charge in [-0.2, -0.15) is 0 Å². The molecule has 2 unspecified atom stereocenters. The molecular weight excluding hydrogens is 228 g/mol. The van der Waals surface area contributed by atoms with Crippen LogP contribution in [-0.2, 0) is 0 Å². The first-order valence-corrected chi connectivity index (χ1v) is 6.69. The van der Waals surface area contributed by atoms with E-state index in [1.54, 1.807) is 0 Å². The molecule has 2 atom stereocenters. The SMILES string of the molecule is CC(C)c1nc(NC2CCCCC2N)cc(=O)[nH]1. The molecule has 4 N–H and O–H groups in total. The van der Waals surface area contributed by atoms with Gasteiger partial charge in [-0.05, 0) is 12.8 Å². The Labute approximate surface area is 107 Å². The molecule has 0 spiro atoms. The van der Waals surface area contributed by atoms with Gasteiger partial charge in [0.2, 0.25) is 0 Å². The zero-order chi connectivity index (χ0) is 13.1. The van der Waals surface area contributed by atoms with Crippen molar-refractivity contribution in [1.29, 1.82) is 0 Å². The number of hydrogen-bond donors (Lipinski definition) is 3. The highest BCUT2D eigenvalue weighted by atomic mass is 16.1. The van der Waals surface area contributed by atoms with Gasteiger partial charge in [0.05, 0.1) is 0 Å². The van der Waals surface area contributed by atoms with Crippen molar-refractivity contribution in [3.8, 4) is 0 Å². The Morgan fingerprint density at radius 1 is 1.44 bits per heavy atom. The lowest BCUT2D eigenvalue weighted by Crippen LogP contribution is -2.43. The molecule has 1 aromatic heterocycles. The first kappa shape index (κ1) is 13.1. The van der Waals surface area contributed by atoms with Crippen molar-refractivity contribution in [2.24, 2.45) is 5.73 Å². The molecule has 1 aromatic rings. The van der Waals surface area contributed by atoms with E-state index in [1.807, 2.05) is 13.8 Å². The predicted octanol–water partition coefficient (Wildman–Crippen LogP) is 1.58. The molecule has 1 aliphatic carbocycles. The van der Waals surface area contributed by atoms with Crippen molar-refractivity contribution in [2.75, 3.05) is 5.32 Å². The van der Waals surface area contributed by atoms with Crippen molar-refractivity contribution >= 4 is 5.82 Å². The van der Waals surface area contributed by atoms with Crippen molar-refractivity contribution in [3.05, 3.63) is 22.2 Å². The normalized spacial score (nSPS) is 24.2. The summed E-state index contributed by atoms with van der Waals surface area (Å²) < 4.78 is 0. The van der Waals surface area contributed by atoms with Crippen LogP contribution in [-0.4, -0.2) is 22.1 Å². The molecule has 5 heteroatoms. The molecule has 1 aliphatic rings. The van der Waals surface area contributed by atoms with Crippen LogP contribution in [0.2, 0.25) is 0 Å². The van der Waals surface area contributed by atoms with Gasteiger partial charge in [-0.3, -0.25) is 4.79 Å². The number of nitrogens with zero attached hydrogens (tertiary/aromatic N) is 1. The second-order valence-electron chi connectivity index (χ2n) is 5.37. The molecule has 0 amide bonds. The number of hydrogen-bond acceptors (Lipinski definition) is 4. The quantitative estimate of drug-likeness (QED) is 0.760. The molecule has 1 fully saturated rings. The Morgan fingerprint density at radius 2 is 2.17 bits per heavy atom. The predicted molar refractivity (Wildman–Crippen MR) is 72.8 cm³/mol. The van der Waals surface area contributed by atoms with E-state index in [0.717, 1.165) is 18.7 Å². The van der Waals surface area contributed by atoms with Gasteiger partial charge < -0.3 is 16.0 Å². The average Bonchev–Trinajstić information content (AvgIpc) is 2.31. The first-order valence-electron chi connectivity index (χ1n) is 6.69. The number of rotatable bonds is 3. The van der Waals surface area contributed by atoms with Gasteiger partial charge in [0.1, 0.15) is 11.6 Å². The lowest BCUT2D eigenvalue weighted by Gasteiger charge is -2.29. The molecule has 100 valence electrons. The molecule has 2 rings (SSSR count). The van der Waals surface area contributed by atoms with Crippen LogP contribution in [0.25, 0.3) is 0 Å². The van der Waals surface area contributed by atoms with Gasteiger partial charge in [0, 0.05) is 24.1 Å². The monoisotopic (exact) mass is 250 g/mol. The highest BCUT2D eigenvalue weighted by Gasteiger charge is 2.22. The number of anilines is 1. The van der Waals surface area contributed by atoms with Gasteiger partial charge >= 0.3 is 0 Å². The van der Waals surface area contributed by atoms with E-state index in [0.29, 0.717) is 5.82 Å². The van der Waals surface area contributed by atoms with E-state index in [2.05, 4.69) is 15.3 Å². The zero-order valence-electron chi connectivity index (χ0n) is 11.1. The van der Waals surface area contributed by atoms with Crippen LogP contribution in [0.1, 0.15) is 51.3 Å². The highest BCUT2D eigenvalue weighted by Crippen LogP contribution is 2.20.